The highest BCUT2D eigenvalue weighted by Gasteiger charge is 2.23. The van der Waals surface area contributed by atoms with Crippen molar-refractivity contribution in [2.24, 2.45) is 0 Å². The molecule has 1 aliphatic rings. The van der Waals surface area contributed by atoms with E-state index in [9.17, 15) is 10.5 Å². The van der Waals surface area contributed by atoms with E-state index in [-0.39, 0.29) is 5.57 Å². The van der Waals surface area contributed by atoms with Crippen LogP contribution >= 0.6 is 0 Å². The molecule has 0 bridgehead atoms. The van der Waals surface area contributed by atoms with Gasteiger partial charge in [0.1, 0.15) is 23.5 Å². The van der Waals surface area contributed by atoms with Gasteiger partial charge >= 0.3 is 0 Å². The SMILES string of the molecule is CN(C)C1=CC(=C(C#N)C#N)c2c(ccc3ccccc23)O1. The van der Waals surface area contributed by atoms with Crippen LogP contribution in [0.3, 0.4) is 0 Å². The van der Waals surface area contributed by atoms with Gasteiger partial charge in [-0.25, -0.2) is 0 Å². The molecule has 2 aromatic carbocycles. The molecule has 1 aliphatic heterocycles. The second kappa shape index (κ2) is 5.27. The van der Waals surface area contributed by atoms with Crippen LogP contribution < -0.4 is 4.74 Å². The normalized spacial score (nSPS) is 12.5. The van der Waals surface area contributed by atoms with Crippen LogP contribution in [0, 0.1) is 22.7 Å². The average Bonchev–Trinajstić information content (AvgIpc) is 2.55. The number of rotatable bonds is 1. The van der Waals surface area contributed by atoms with E-state index in [4.69, 9.17) is 4.74 Å². The van der Waals surface area contributed by atoms with E-state index in [2.05, 4.69) is 0 Å². The largest absolute Gasteiger partial charge is 0.441 e. The van der Waals surface area contributed by atoms with Crippen molar-refractivity contribution >= 4 is 16.3 Å². The summed E-state index contributed by atoms with van der Waals surface area (Å²) in [6, 6.07) is 15.7. The molecule has 0 unspecified atom stereocenters. The van der Waals surface area contributed by atoms with Crippen molar-refractivity contribution in [3.8, 4) is 17.9 Å². The van der Waals surface area contributed by atoms with Crippen LogP contribution in [0.1, 0.15) is 5.56 Å². The molecule has 0 saturated carbocycles. The van der Waals surface area contributed by atoms with Gasteiger partial charge in [0.25, 0.3) is 0 Å². The van der Waals surface area contributed by atoms with Gasteiger partial charge in [0.05, 0.1) is 0 Å². The molecule has 0 saturated heterocycles. The van der Waals surface area contributed by atoms with Gasteiger partial charge in [-0.3, -0.25) is 0 Å². The zero-order chi connectivity index (χ0) is 15.7. The first kappa shape index (κ1) is 13.7. The van der Waals surface area contributed by atoms with Crippen molar-refractivity contribution in [3.05, 3.63) is 59.5 Å². The number of hydrogen-bond donors (Lipinski definition) is 0. The van der Waals surface area contributed by atoms with Crippen molar-refractivity contribution in [3.63, 3.8) is 0 Å². The minimum absolute atomic E-state index is 0.0836. The fourth-order valence-corrected chi connectivity index (χ4v) is 2.52. The van der Waals surface area contributed by atoms with Crippen LogP contribution in [0.4, 0.5) is 0 Å². The zero-order valence-corrected chi connectivity index (χ0v) is 12.3. The van der Waals surface area contributed by atoms with Gasteiger partial charge < -0.3 is 9.64 Å². The average molecular weight is 287 g/mol. The number of nitriles is 2. The summed E-state index contributed by atoms with van der Waals surface area (Å²) in [7, 11) is 3.71. The maximum atomic E-state index is 9.29. The third-order valence-electron chi connectivity index (χ3n) is 3.58. The van der Waals surface area contributed by atoms with E-state index < -0.39 is 0 Å². The summed E-state index contributed by atoms with van der Waals surface area (Å²) in [5, 5.41) is 20.6. The summed E-state index contributed by atoms with van der Waals surface area (Å²) >= 11 is 0. The third-order valence-corrected chi connectivity index (χ3v) is 3.58. The van der Waals surface area contributed by atoms with Gasteiger partial charge in [-0.15, -0.1) is 0 Å². The van der Waals surface area contributed by atoms with Crippen molar-refractivity contribution < 1.29 is 4.74 Å². The summed E-state index contributed by atoms with van der Waals surface area (Å²) in [5.74, 6) is 1.25. The summed E-state index contributed by atoms with van der Waals surface area (Å²) in [4.78, 5) is 1.81. The monoisotopic (exact) mass is 287 g/mol. The Labute approximate surface area is 128 Å². The standard InChI is InChI=1S/C18H13N3O/c1-21(2)17-9-15(13(10-19)11-20)18-14-6-4-3-5-12(14)7-8-16(18)22-17/h3-9H,1-2H3. The molecular formula is C18H13N3O. The summed E-state index contributed by atoms with van der Waals surface area (Å²) < 4.78 is 5.90. The first-order chi connectivity index (χ1) is 10.7. The fraction of sp³-hybridized carbons (Fsp3) is 0.111. The molecule has 2 aromatic rings. The Balaban J connectivity index is 2.40. The number of ether oxygens (including phenoxy) is 1. The van der Waals surface area contributed by atoms with Gasteiger partial charge in [0.15, 0.2) is 5.88 Å². The van der Waals surface area contributed by atoms with Crippen molar-refractivity contribution in [2.45, 2.75) is 0 Å². The van der Waals surface area contributed by atoms with Gasteiger partial charge in [-0.1, -0.05) is 30.3 Å². The highest BCUT2D eigenvalue weighted by molar-refractivity contribution is 6.01. The highest BCUT2D eigenvalue weighted by Crippen LogP contribution is 2.40. The van der Waals surface area contributed by atoms with Gasteiger partial charge in [0.2, 0.25) is 0 Å². The first-order valence-corrected chi connectivity index (χ1v) is 6.79. The Morgan fingerprint density at radius 1 is 1.05 bits per heavy atom. The maximum Gasteiger partial charge on any atom is 0.196 e. The lowest BCUT2D eigenvalue weighted by Gasteiger charge is -2.25. The molecular weight excluding hydrogens is 274 g/mol. The smallest absolute Gasteiger partial charge is 0.196 e. The number of nitrogens with zero attached hydrogens (tertiary/aromatic N) is 3. The molecule has 0 amide bonds. The lowest BCUT2D eigenvalue weighted by molar-refractivity contribution is 0.278. The second-order valence-corrected chi connectivity index (χ2v) is 5.15. The van der Waals surface area contributed by atoms with Crippen LogP contribution in [0.15, 0.2) is 53.9 Å². The Morgan fingerprint density at radius 2 is 1.77 bits per heavy atom. The molecule has 0 radical (unpaired) electrons. The Bertz CT molecular complexity index is 892. The molecule has 1 heterocycles. The van der Waals surface area contributed by atoms with Crippen molar-refractivity contribution in [2.75, 3.05) is 14.1 Å². The van der Waals surface area contributed by atoms with E-state index in [0.717, 1.165) is 16.3 Å². The minimum Gasteiger partial charge on any atom is -0.441 e. The quantitative estimate of drug-likeness (QED) is 0.754. The van der Waals surface area contributed by atoms with Gasteiger partial charge in [-0.05, 0) is 16.8 Å². The van der Waals surface area contributed by atoms with E-state index in [1.807, 2.05) is 67.5 Å². The summed E-state index contributed by atoms with van der Waals surface area (Å²) in [6.07, 6.45) is 1.75. The molecule has 0 atom stereocenters. The fourth-order valence-electron chi connectivity index (χ4n) is 2.52. The molecule has 0 fully saturated rings. The van der Waals surface area contributed by atoms with E-state index in [1.54, 1.807) is 6.08 Å². The Hall–Kier alpha value is -3.24. The Morgan fingerprint density at radius 3 is 2.45 bits per heavy atom. The molecule has 106 valence electrons. The number of hydrogen-bond acceptors (Lipinski definition) is 4. The molecule has 4 nitrogen and oxygen atoms in total. The lowest BCUT2D eigenvalue weighted by Crippen LogP contribution is -2.19. The van der Waals surface area contributed by atoms with Crippen LogP contribution in [0.5, 0.6) is 5.75 Å². The minimum atomic E-state index is 0.0836. The third kappa shape index (κ3) is 2.08. The van der Waals surface area contributed by atoms with Crippen molar-refractivity contribution in [1.29, 1.82) is 10.5 Å². The number of fused-ring (bicyclic) bond motifs is 3. The van der Waals surface area contributed by atoms with E-state index in [0.29, 0.717) is 17.2 Å². The van der Waals surface area contributed by atoms with Crippen LogP contribution in [0.2, 0.25) is 0 Å². The molecule has 4 heteroatoms. The zero-order valence-electron chi connectivity index (χ0n) is 12.3. The number of allylic oxidation sites excluding steroid dienone is 3. The summed E-state index contributed by atoms with van der Waals surface area (Å²) in [5.41, 5.74) is 1.48. The molecule has 0 N–H and O–H groups in total. The Kier molecular flexibility index (Phi) is 3.29. The molecule has 22 heavy (non-hydrogen) atoms. The maximum absolute atomic E-state index is 9.29. The predicted molar refractivity (Wildman–Crippen MR) is 84.5 cm³/mol. The second-order valence-electron chi connectivity index (χ2n) is 5.15. The van der Waals surface area contributed by atoms with Crippen LogP contribution in [-0.2, 0) is 0 Å². The molecule has 0 aromatic heterocycles. The van der Waals surface area contributed by atoms with Crippen molar-refractivity contribution in [1.82, 2.24) is 4.90 Å². The highest BCUT2D eigenvalue weighted by atomic mass is 16.5. The van der Waals surface area contributed by atoms with Gasteiger partial charge in [0, 0.05) is 31.3 Å². The lowest BCUT2D eigenvalue weighted by atomic mass is 9.92. The molecule has 0 aliphatic carbocycles. The van der Waals surface area contributed by atoms with Crippen LogP contribution in [0.25, 0.3) is 16.3 Å². The molecule has 0 spiro atoms. The molecule has 3 rings (SSSR count). The predicted octanol–water partition coefficient (Wildman–Crippen LogP) is 3.44. The summed E-state index contributed by atoms with van der Waals surface area (Å²) in [6.45, 7) is 0. The van der Waals surface area contributed by atoms with E-state index >= 15 is 0 Å². The van der Waals surface area contributed by atoms with Gasteiger partial charge in [-0.2, -0.15) is 10.5 Å². The first-order valence-electron chi connectivity index (χ1n) is 6.79. The topological polar surface area (TPSA) is 60.0 Å². The number of benzene rings is 2. The van der Waals surface area contributed by atoms with Crippen LogP contribution in [-0.4, -0.2) is 19.0 Å². The van der Waals surface area contributed by atoms with E-state index in [1.165, 1.54) is 0 Å².